The third-order valence-corrected chi connectivity index (χ3v) is 1.86. The molecule has 0 amide bonds. The standard InChI is InChI=1S/C7H14O8/c8-1-2(9)3(10)4(11)5(12)6(13)7(14)15/h2-6,8-13H,1H2,(H,14,15)/t2-,3+,4-,5-,6+/m0/s1. The Labute approximate surface area is 84.7 Å². The Hall–Kier alpha value is -0.770. The molecule has 0 aliphatic rings. The van der Waals surface area contributed by atoms with Crippen LogP contribution >= 0.6 is 0 Å². The Balaban J connectivity index is 4.42. The molecule has 0 unspecified atom stereocenters. The summed E-state index contributed by atoms with van der Waals surface area (Å²) in [5.41, 5.74) is 0. The Kier molecular flexibility index (Phi) is 5.65. The maximum Gasteiger partial charge on any atom is 0.335 e. The van der Waals surface area contributed by atoms with Crippen LogP contribution in [0.1, 0.15) is 0 Å². The maximum atomic E-state index is 10.2. The number of carboxylic acids is 1. The van der Waals surface area contributed by atoms with Crippen LogP contribution in [0.4, 0.5) is 0 Å². The van der Waals surface area contributed by atoms with Crippen molar-refractivity contribution in [2.45, 2.75) is 30.5 Å². The molecule has 90 valence electrons. The number of carboxylic acid groups (broad SMARTS) is 1. The highest BCUT2D eigenvalue weighted by Crippen LogP contribution is 2.08. The predicted octanol–water partition coefficient (Wildman–Crippen LogP) is -4.13. The lowest BCUT2D eigenvalue weighted by Gasteiger charge is -2.26. The molecular formula is C7H14O8. The lowest BCUT2D eigenvalue weighted by molar-refractivity contribution is -0.169. The summed E-state index contributed by atoms with van der Waals surface area (Å²) in [4.78, 5) is 10.2. The second-order valence-corrected chi connectivity index (χ2v) is 3.00. The monoisotopic (exact) mass is 226 g/mol. The van der Waals surface area contributed by atoms with Crippen molar-refractivity contribution in [2.75, 3.05) is 6.61 Å². The molecular weight excluding hydrogens is 212 g/mol. The second kappa shape index (κ2) is 5.95. The summed E-state index contributed by atoms with van der Waals surface area (Å²) in [5.74, 6) is -1.78. The topological polar surface area (TPSA) is 159 Å². The molecule has 0 aliphatic heterocycles. The van der Waals surface area contributed by atoms with E-state index in [2.05, 4.69) is 0 Å². The van der Waals surface area contributed by atoms with Gasteiger partial charge in [-0.1, -0.05) is 0 Å². The largest absolute Gasteiger partial charge is 0.479 e. The number of aliphatic hydroxyl groups is 6. The molecule has 0 aromatic rings. The van der Waals surface area contributed by atoms with Crippen LogP contribution < -0.4 is 0 Å². The molecule has 0 rings (SSSR count). The SMILES string of the molecule is O=C(O)[C@H](O)[C@@H](O)[C@@H](O)[C@H](O)[C@@H](O)CO. The molecule has 7 N–H and O–H groups in total. The van der Waals surface area contributed by atoms with Gasteiger partial charge < -0.3 is 35.7 Å². The number of rotatable bonds is 6. The first kappa shape index (κ1) is 14.2. The van der Waals surface area contributed by atoms with E-state index in [4.69, 9.17) is 35.7 Å². The van der Waals surface area contributed by atoms with Crippen LogP contribution in [0.25, 0.3) is 0 Å². The van der Waals surface area contributed by atoms with Gasteiger partial charge in [-0.05, 0) is 0 Å². The lowest BCUT2D eigenvalue weighted by Crippen LogP contribution is -2.51. The number of aliphatic hydroxyl groups excluding tert-OH is 6. The van der Waals surface area contributed by atoms with Crippen LogP contribution in [0, 0.1) is 0 Å². The van der Waals surface area contributed by atoms with Crippen LogP contribution in [0.15, 0.2) is 0 Å². The van der Waals surface area contributed by atoms with E-state index in [0.717, 1.165) is 0 Å². The van der Waals surface area contributed by atoms with Gasteiger partial charge in [-0.25, -0.2) is 4.79 Å². The molecule has 0 heterocycles. The Morgan fingerprint density at radius 3 is 1.73 bits per heavy atom. The van der Waals surface area contributed by atoms with E-state index >= 15 is 0 Å². The molecule has 0 aliphatic carbocycles. The molecule has 0 bridgehead atoms. The van der Waals surface area contributed by atoms with Gasteiger partial charge in [-0.3, -0.25) is 0 Å². The van der Waals surface area contributed by atoms with Gasteiger partial charge in [0.1, 0.15) is 24.4 Å². The van der Waals surface area contributed by atoms with E-state index in [1.54, 1.807) is 0 Å². The predicted molar refractivity (Wildman–Crippen MR) is 44.8 cm³/mol. The van der Waals surface area contributed by atoms with Crippen LogP contribution in [-0.2, 0) is 4.79 Å². The van der Waals surface area contributed by atoms with Crippen molar-refractivity contribution < 1.29 is 40.5 Å². The summed E-state index contributed by atoms with van der Waals surface area (Å²) >= 11 is 0. The van der Waals surface area contributed by atoms with E-state index in [9.17, 15) is 4.79 Å². The van der Waals surface area contributed by atoms with Gasteiger partial charge in [-0.2, -0.15) is 0 Å². The van der Waals surface area contributed by atoms with Crippen LogP contribution in [0.2, 0.25) is 0 Å². The highest BCUT2D eigenvalue weighted by molar-refractivity contribution is 5.72. The van der Waals surface area contributed by atoms with Gasteiger partial charge in [0.15, 0.2) is 6.10 Å². The number of hydrogen-bond acceptors (Lipinski definition) is 7. The number of hydrogen-bond donors (Lipinski definition) is 7. The van der Waals surface area contributed by atoms with Crippen molar-refractivity contribution in [3.63, 3.8) is 0 Å². The van der Waals surface area contributed by atoms with Crippen molar-refractivity contribution in [3.8, 4) is 0 Å². The second-order valence-electron chi connectivity index (χ2n) is 3.00. The minimum atomic E-state index is -2.29. The average molecular weight is 226 g/mol. The zero-order chi connectivity index (χ0) is 12.2. The molecule has 0 fully saturated rings. The van der Waals surface area contributed by atoms with Gasteiger partial charge in [0.2, 0.25) is 0 Å². The lowest BCUT2D eigenvalue weighted by atomic mass is 9.99. The smallest absolute Gasteiger partial charge is 0.335 e. The van der Waals surface area contributed by atoms with Gasteiger partial charge in [0.25, 0.3) is 0 Å². The van der Waals surface area contributed by atoms with Crippen molar-refractivity contribution in [2.24, 2.45) is 0 Å². The summed E-state index contributed by atoms with van der Waals surface area (Å²) in [6, 6.07) is 0. The van der Waals surface area contributed by atoms with Crippen LogP contribution in [0.3, 0.4) is 0 Å². The summed E-state index contributed by atoms with van der Waals surface area (Å²) in [6.45, 7) is -0.881. The van der Waals surface area contributed by atoms with Crippen molar-refractivity contribution in [1.29, 1.82) is 0 Å². The highest BCUT2D eigenvalue weighted by Gasteiger charge is 2.36. The summed E-state index contributed by atoms with van der Waals surface area (Å²) in [6.07, 6.45) is -10.2. The van der Waals surface area contributed by atoms with E-state index in [-0.39, 0.29) is 0 Å². The zero-order valence-corrected chi connectivity index (χ0v) is 7.63. The zero-order valence-electron chi connectivity index (χ0n) is 7.63. The third kappa shape index (κ3) is 3.70. The molecule has 5 atom stereocenters. The molecule has 0 saturated heterocycles. The summed E-state index contributed by atoms with van der Waals surface area (Å²) in [7, 11) is 0. The normalized spacial score (nSPS) is 21.5. The minimum absolute atomic E-state index is 0.881. The Morgan fingerprint density at radius 1 is 0.933 bits per heavy atom. The van der Waals surface area contributed by atoms with Gasteiger partial charge >= 0.3 is 5.97 Å². The van der Waals surface area contributed by atoms with Crippen molar-refractivity contribution in [3.05, 3.63) is 0 Å². The highest BCUT2D eigenvalue weighted by atomic mass is 16.4. The van der Waals surface area contributed by atoms with Crippen LogP contribution in [0.5, 0.6) is 0 Å². The summed E-state index contributed by atoms with van der Waals surface area (Å²) < 4.78 is 0. The average Bonchev–Trinajstić information content (AvgIpc) is 2.23. The molecule has 0 aromatic carbocycles. The number of carbonyl (C=O) groups is 1. The van der Waals surface area contributed by atoms with Crippen molar-refractivity contribution in [1.82, 2.24) is 0 Å². The minimum Gasteiger partial charge on any atom is -0.479 e. The Morgan fingerprint density at radius 2 is 1.40 bits per heavy atom. The molecule has 0 radical (unpaired) electrons. The molecule has 15 heavy (non-hydrogen) atoms. The Bertz CT molecular complexity index is 207. The fourth-order valence-corrected chi connectivity index (χ4v) is 0.870. The van der Waals surface area contributed by atoms with Gasteiger partial charge in [0.05, 0.1) is 6.61 Å². The fourth-order valence-electron chi connectivity index (χ4n) is 0.870. The molecule has 0 saturated carbocycles. The summed E-state index contributed by atoms with van der Waals surface area (Å²) in [5, 5.41) is 61.5. The van der Waals surface area contributed by atoms with E-state index in [0.29, 0.717) is 0 Å². The first-order valence-electron chi connectivity index (χ1n) is 4.07. The third-order valence-electron chi connectivity index (χ3n) is 1.86. The molecule has 8 nitrogen and oxygen atoms in total. The van der Waals surface area contributed by atoms with Crippen molar-refractivity contribution >= 4 is 5.97 Å². The van der Waals surface area contributed by atoms with Gasteiger partial charge in [-0.15, -0.1) is 0 Å². The van der Waals surface area contributed by atoms with E-state index in [1.165, 1.54) is 0 Å². The van der Waals surface area contributed by atoms with Gasteiger partial charge in [0, 0.05) is 0 Å². The van der Waals surface area contributed by atoms with E-state index < -0.39 is 43.1 Å². The molecule has 0 spiro atoms. The van der Waals surface area contributed by atoms with E-state index in [1.807, 2.05) is 0 Å². The maximum absolute atomic E-state index is 10.2. The first-order chi connectivity index (χ1) is 6.82. The number of aliphatic carboxylic acids is 1. The van der Waals surface area contributed by atoms with Crippen LogP contribution in [-0.4, -0.2) is 78.8 Å². The first-order valence-corrected chi connectivity index (χ1v) is 4.07. The fraction of sp³-hybridized carbons (Fsp3) is 0.857. The molecule has 0 aromatic heterocycles. The quantitative estimate of drug-likeness (QED) is 0.240. The molecule has 8 heteroatoms.